The van der Waals surface area contributed by atoms with E-state index in [4.69, 9.17) is 4.98 Å². The lowest BCUT2D eigenvalue weighted by molar-refractivity contribution is -0.120. The molecule has 2 amide bonds. The highest BCUT2D eigenvalue weighted by Crippen LogP contribution is 2.37. The van der Waals surface area contributed by atoms with E-state index in [0.717, 1.165) is 16.9 Å². The van der Waals surface area contributed by atoms with Crippen molar-refractivity contribution in [3.63, 3.8) is 0 Å². The minimum atomic E-state index is -0.253. The van der Waals surface area contributed by atoms with Crippen LogP contribution >= 0.6 is 0 Å². The average Bonchev–Trinajstić information content (AvgIpc) is 2.68. The topological polar surface area (TPSA) is 91.3 Å². The number of nitrogens with one attached hydrogen (secondary N) is 1. The number of hydrogen-bond acceptors (Lipinski definition) is 6. The molecule has 1 aliphatic heterocycles. The largest absolute Gasteiger partial charge is 0.352 e. The standard InChI is InChI=1S/C20H26N6O2/c1-6-16-20(28)25(5)17-11-23-18(24-19(17)26(16)12(2)3)15-7-8-21-9-14(15)10-22-13(4)27/h7-9,11-12,16H,6,10H2,1-5H3,(H,22,27). The van der Waals surface area contributed by atoms with Crippen LogP contribution in [-0.4, -0.2) is 45.9 Å². The molecule has 0 bridgehead atoms. The molecule has 0 saturated heterocycles. The molecule has 3 rings (SSSR count). The fraction of sp³-hybridized carbons (Fsp3) is 0.450. The first kappa shape index (κ1) is 19.7. The number of hydrogen-bond donors (Lipinski definition) is 1. The summed E-state index contributed by atoms with van der Waals surface area (Å²) in [5.74, 6) is 1.23. The van der Waals surface area contributed by atoms with Crippen molar-refractivity contribution < 1.29 is 9.59 Å². The van der Waals surface area contributed by atoms with Crippen molar-refractivity contribution in [3.05, 3.63) is 30.2 Å². The van der Waals surface area contributed by atoms with Gasteiger partial charge in [-0.3, -0.25) is 14.6 Å². The first-order valence-corrected chi connectivity index (χ1v) is 9.45. The smallest absolute Gasteiger partial charge is 0.249 e. The van der Waals surface area contributed by atoms with Crippen LogP contribution in [0, 0.1) is 0 Å². The quantitative estimate of drug-likeness (QED) is 0.852. The van der Waals surface area contributed by atoms with Gasteiger partial charge in [0.05, 0.1) is 6.20 Å². The summed E-state index contributed by atoms with van der Waals surface area (Å²) in [6.45, 7) is 7.95. The molecule has 0 saturated carbocycles. The van der Waals surface area contributed by atoms with Gasteiger partial charge in [-0.15, -0.1) is 0 Å². The van der Waals surface area contributed by atoms with Crippen molar-refractivity contribution >= 4 is 23.3 Å². The van der Waals surface area contributed by atoms with Crippen LogP contribution in [0.25, 0.3) is 11.4 Å². The van der Waals surface area contributed by atoms with Gasteiger partial charge in [-0.05, 0) is 26.3 Å². The highest BCUT2D eigenvalue weighted by Gasteiger charge is 2.38. The highest BCUT2D eigenvalue weighted by atomic mass is 16.2. The molecule has 0 aromatic carbocycles. The Morgan fingerprint density at radius 2 is 2.07 bits per heavy atom. The number of carbonyl (C=O) groups is 2. The van der Waals surface area contributed by atoms with E-state index in [9.17, 15) is 9.59 Å². The molecule has 1 atom stereocenters. The SMILES string of the molecule is CCC1C(=O)N(C)c2cnc(-c3ccncc3CNC(C)=O)nc2N1C(C)C. The zero-order valence-electron chi connectivity index (χ0n) is 16.9. The number of carbonyl (C=O) groups excluding carboxylic acids is 2. The predicted octanol–water partition coefficient (Wildman–Crippen LogP) is 2.14. The molecular formula is C20H26N6O2. The van der Waals surface area contributed by atoms with Gasteiger partial charge in [-0.25, -0.2) is 9.97 Å². The van der Waals surface area contributed by atoms with E-state index in [0.29, 0.717) is 24.5 Å². The Hall–Kier alpha value is -3.03. The maximum absolute atomic E-state index is 12.8. The summed E-state index contributed by atoms with van der Waals surface area (Å²) < 4.78 is 0. The number of anilines is 2. The number of nitrogens with zero attached hydrogens (tertiary/aromatic N) is 5. The third kappa shape index (κ3) is 3.54. The van der Waals surface area contributed by atoms with Crippen LogP contribution in [0.15, 0.2) is 24.7 Å². The summed E-state index contributed by atoms with van der Waals surface area (Å²) >= 11 is 0. The van der Waals surface area contributed by atoms with Gasteiger partial charge in [0, 0.05) is 50.1 Å². The van der Waals surface area contributed by atoms with E-state index < -0.39 is 0 Å². The van der Waals surface area contributed by atoms with Crippen LogP contribution in [-0.2, 0) is 16.1 Å². The summed E-state index contributed by atoms with van der Waals surface area (Å²) in [5, 5.41) is 2.79. The van der Waals surface area contributed by atoms with Crippen molar-refractivity contribution in [2.24, 2.45) is 0 Å². The molecule has 1 N–H and O–H groups in total. The highest BCUT2D eigenvalue weighted by molar-refractivity contribution is 6.04. The van der Waals surface area contributed by atoms with Gasteiger partial charge >= 0.3 is 0 Å². The molecule has 1 unspecified atom stereocenters. The van der Waals surface area contributed by atoms with Crippen LogP contribution in [0.2, 0.25) is 0 Å². The number of pyridine rings is 1. The van der Waals surface area contributed by atoms with Gasteiger partial charge in [0.25, 0.3) is 0 Å². The van der Waals surface area contributed by atoms with Gasteiger partial charge in [-0.1, -0.05) is 6.92 Å². The first-order valence-electron chi connectivity index (χ1n) is 9.45. The molecule has 0 radical (unpaired) electrons. The number of aromatic nitrogens is 3. The summed E-state index contributed by atoms with van der Waals surface area (Å²) in [6, 6.07) is 1.70. The summed E-state index contributed by atoms with van der Waals surface area (Å²) in [4.78, 5) is 41.3. The van der Waals surface area contributed by atoms with Gasteiger partial charge in [-0.2, -0.15) is 0 Å². The van der Waals surface area contributed by atoms with E-state index in [-0.39, 0.29) is 23.9 Å². The van der Waals surface area contributed by atoms with Crippen molar-refractivity contribution in [2.75, 3.05) is 16.8 Å². The average molecular weight is 382 g/mol. The van der Waals surface area contributed by atoms with Crippen LogP contribution in [0.5, 0.6) is 0 Å². The Kier molecular flexibility index (Phi) is 5.58. The zero-order chi connectivity index (χ0) is 20.4. The van der Waals surface area contributed by atoms with Crippen LogP contribution in [0.3, 0.4) is 0 Å². The molecule has 8 nitrogen and oxygen atoms in total. The Morgan fingerprint density at radius 3 is 2.71 bits per heavy atom. The zero-order valence-corrected chi connectivity index (χ0v) is 16.9. The maximum Gasteiger partial charge on any atom is 0.249 e. The molecule has 8 heteroatoms. The third-order valence-corrected chi connectivity index (χ3v) is 4.92. The molecule has 0 aliphatic carbocycles. The lowest BCUT2D eigenvalue weighted by Gasteiger charge is -2.42. The molecule has 2 aromatic rings. The van der Waals surface area contributed by atoms with Gasteiger partial charge in [0.1, 0.15) is 11.7 Å². The number of likely N-dealkylation sites (N-methyl/N-ethyl adjacent to an activating group) is 1. The van der Waals surface area contributed by atoms with E-state index in [1.807, 2.05) is 13.0 Å². The van der Waals surface area contributed by atoms with E-state index in [1.54, 1.807) is 30.5 Å². The molecule has 148 valence electrons. The first-order chi connectivity index (χ1) is 13.3. The lowest BCUT2D eigenvalue weighted by atomic mass is 10.0. The Morgan fingerprint density at radius 1 is 1.32 bits per heavy atom. The number of amides is 2. The Bertz CT molecular complexity index is 898. The third-order valence-electron chi connectivity index (χ3n) is 4.92. The molecule has 1 aliphatic rings. The molecule has 0 spiro atoms. The van der Waals surface area contributed by atoms with Gasteiger partial charge < -0.3 is 15.1 Å². The molecular weight excluding hydrogens is 356 g/mol. The number of rotatable bonds is 5. The van der Waals surface area contributed by atoms with Crippen molar-refractivity contribution in [2.45, 2.75) is 52.7 Å². The van der Waals surface area contributed by atoms with Gasteiger partial charge in [0.2, 0.25) is 11.8 Å². The minimum Gasteiger partial charge on any atom is -0.352 e. The summed E-state index contributed by atoms with van der Waals surface area (Å²) in [7, 11) is 1.76. The maximum atomic E-state index is 12.8. The van der Waals surface area contributed by atoms with Crippen molar-refractivity contribution in [1.29, 1.82) is 0 Å². The van der Waals surface area contributed by atoms with Crippen molar-refractivity contribution in [3.8, 4) is 11.4 Å². The second kappa shape index (κ2) is 7.92. The van der Waals surface area contributed by atoms with Crippen LogP contribution in [0.4, 0.5) is 11.5 Å². The molecule has 0 fully saturated rings. The predicted molar refractivity (Wildman–Crippen MR) is 108 cm³/mol. The summed E-state index contributed by atoms with van der Waals surface area (Å²) in [6.07, 6.45) is 5.78. The number of fused-ring (bicyclic) bond motifs is 1. The van der Waals surface area contributed by atoms with Crippen molar-refractivity contribution in [1.82, 2.24) is 20.3 Å². The molecule has 28 heavy (non-hydrogen) atoms. The van der Waals surface area contributed by atoms with E-state index in [2.05, 4.69) is 34.0 Å². The lowest BCUT2D eigenvalue weighted by Crippen LogP contribution is -2.54. The van der Waals surface area contributed by atoms with Crippen LogP contribution < -0.4 is 15.1 Å². The molecule has 3 heterocycles. The fourth-order valence-corrected chi connectivity index (χ4v) is 3.51. The second-order valence-electron chi connectivity index (χ2n) is 7.17. The molecule has 2 aromatic heterocycles. The summed E-state index contributed by atoms with van der Waals surface area (Å²) in [5.41, 5.74) is 2.34. The monoisotopic (exact) mass is 382 g/mol. The van der Waals surface area contributed by atoms with E-state index >= 15 is 0 Å². The van der Waals surface area contributed by atoms with E-state index in [1.165, 1.54) is 6.92 Å². The van der Waals surface area contributed by atoms with Crippen LogP contribution in [0.1, 0.15) is 39.7 Å². The minimum absolute atomic E-state index is 0.0512. The fourth-order valence-electron chi connectivity index (χ4n) is 3.51. The normalized spacial score (nSPS) is 16.4. The Balaban J connectivity index is 2.10. The second-order valence-corrected chi connectivity index (χ2v) is 7.17. The Labute approximate surface area is 165 Å². The van der Waals surface area contributed by atoms with Gasteiger partial charge in [0.15, 0.2) is 11.6 Å².